The van der Waals surface area contributed by atoms with Crippen LogP contribution in [0.4, 0.5) is 0 Å². The van der Waals surface area contributed by atoms with Gasteiger partial charge in [0.15, 0.2) is 0 Å². The maximum atomic E-state index is 5.88. The fourth-order valence-corrected chi connectivity index (χ4v) is 3.14. The third kappa shape index (κ3) is 3.32. The highest BCUT2D eigenvalue weighted by atomic mass is 16.5. The molecule has 2 aliphatic heterocycles. The van der Waals surface area contributed by atoms with Gasteiger partial charge >= 0.3 is 0 Å². The zero-order valence-electron chi connectivity index (χ0n) is 13.8. The van der Waals surface area contributed by atoms with Crippen molar-refractivity contribution in [2.45, 2.75) is 13.0 Å². The fraction of sp³-hybridized carbons (Fsp3) is 0.368. The van der Waals surface area contributed by atoms with E-state index in [1.54, 1.807) is 6.20 Å². The van der Waals surface area contributed by atoms with Crippen LogP contribution in [0.5, 0.6) is 5.75 Å². The first-order valence-electron chi connectivity index (χ1n) is 8.32. The predicted octanol–water partition coefficient (Wildman–Crippen LogP) is 2.63. The molecule has 0 saturated carbocycles. The Balaban J connectivity index is 1.44. The van der Waals surface area contributed by atoms with Crippen molar-refractivity contribution in [3.63, 3.8) is 0 Å². The fourth-order valence-electron chi connectivity index (χ4n) is 3.14. The van der Waals surface area contributed by atoms with Gasteiger partial charge < -0.3 is 9.47 Å². The van der Waals surface area contributed by atoms with E-state index in [0.29, 0.717) is 13.2 Å². The van der Waals surface area contributed by atoms with E-state index >= 15 is 0 Å². The summed E-state index contributed by atoms with van der Waals surface area (Å²) in [6, 6.07) is 8.16. The van der Waals surface area contributed by atoms with Crippen molar-refractivity contribution in [2.24, 2.45) is 0 Å². The average Bonchev–Trinajstić information content (AvgIpc) is 2.62. The summed E-state index contributed by atoms with van der Waals surface area (Å²) < 4.78 is 11.7. The Kier molecular flexibility index (Phi) is 4.28. The number of morpholine rings is 1. The van der Waals surface area contributed by atoms with Crippen LogP contribution in [0.2, 0.25) is 0 Å². The number of hydrogen-bond acceptors (Lipinski definition) is 5. The normalized spacial score (nSPS) is 20.9. The Hall–Kier alpha value is -2.24. The summed E-state index contributed by atoms with van der Waals surface area (Å²) >= 11 is 0. The van der Waals surface area contributed by atoms with Crippen LogP contribution in [0.3, 0.4) is 0 Å². The monoisotopic (exact) mass is 323 g/mol. The lowest BCUT2D eigenvalue weighted by Gasteiger charge is -2.33. The Morgan fingerprint density at radius 2 is 2.12 bits per heavy atom. The van der Waals surface area contributed by atoms with Gasteiger partial charge in [-0.15, -0.1) is 0 Å². The first kappa shape index (κ1) is 15.3. The largest absolute Gasteiger partial charge is 0.489 e. The van der Waals surface area contributed by atoms with Gasteiger partial charge in [-0.3, -0.25) is 14.9 Å². The standard InChI is InChI=1S/C19H21N3O2/c1-14-9-21-17(10-20-14)19-12-22(6-7-23-19)11-15-8-16-4-2-3-5-18(16)24-13-15/h2-5,8-10,19H,6-7,11-13H2,1H3/t19-/m1/s1. The van der Waals surface area contributed by atoms with Crippen LogP contribution in [0.1, 0.15) is 23.1 Å². The number of fused-ring (bicyclic) bond motifs is 1. The number of aryl methyl sites for hydroxylation is 1. The van der Waals surface area contributed by atoms with E-state index in [-0.39, 0.29) is 6.10 Å². The van der Waals surface area contributed by atoms with Crippen LogP contribution in [-0.4, -0.2) is 47.7 Å². The summed E-state index contributed by atoms with van der Waals surface area (Å²) in [4.78, 5) is 11.2. The molecule has 124 valence electrons. The number of ether oxygens (including phenoxy) is 2. The quantitative estimate of drug-likeness (QED) is 0.869. The highest BCUT2D eigenvalue weighted by molar-refractivity contribution is 5.62. The molecule has 5 nitrogen and oxygen atoms in total. The van der Waals surface area contributed by atoms with Crippen LogP contribution >= 0.6 is 0 Å². The van der Waals surface area contributed by atoms with Crippen molar-refractivity contribution < 1.29 is 9.47 Å². The van der Waals surface area contributed by atoms with Gasteiger partial charge in [-0.1, -0.05) is 18.2 Å². The molecule has 2 aromatic rings. The summed E-state index contributed by atoms with van der Waals surface area (Å²) in [6.45, 7) is 5.96. The Morgan fingerprint density at radius 3 is 3.00 bits per heavy atom. The second kappa shape index (κ2) is 6.71. The summed E-state index contributed by atoms with van der Waals surface area (Å²) in [5.74, 6) is 0.969. The first-order valence-corrected chi connectivity index (χ1v) is 8.32. The van der Waals surface area contributed by atoms with Gasteiger partial charge in [0.05, 0.1) is 24.2 Å². The molecule has 5 heteroatoms. The minimum absolute atomic E-state index is 0.00996. The van der Waals surface area contributed by atoms with E-state index in [4.69, 9.17) is 9.47 Å². The predicted molar refractivity (Wildman–Crippen MR) is 91.8 cm³/mol. The summed E-state index contributed by atoms with van der Waals surface area (Å²) in [6.07, 6.45) is 5.85. The van der Waals surface area contributed by atoms with Gasteiger partial charge in [0.1, 0.15) is 18.5 Å². The Morgan fingerprint density at radius 1 is 1.21 bits per heavy atom. The van der Waals surface area contributed by atoms with Gasteiger partial charge in [0, 0.05) is 31.4 Å². The van der Waals surface area contributed by atoms with Crippen LogP contribution in [0.15, 0.2) is 42.2 Å². The van der Waals surface area contributed by atoms with Crippen molar-refractivity contribution in [2.75, 3.05) is 32.8 Å². The number of benzene rings is 1. The minimum atomic E-state index is -0.00996. The summed E-state index contributed by atoms with van der Waals surface area (Å²) in [5.41, 5.74) is 4.29. The Bertz CT molecular complexity index is 743. The van der Waals surface area contributed by atoms with Gasteiger partial charge in [-0.25, -0.2) is 0 Å². The van der Waals surface area contributed by atoms with Crippen molar-refractivity contribution >= 4 is 6.08 Å². The summed E-state index contributed by atoms with van der Waals surface area (Å²) in [7, 11) is 0. The van der Waals surface area contributed by atoms with Gasteiger partial charge in [-0.05, 0) is 24.6 Å². The van der Waals surface area contributed by atoms with E-state index in [2.05, 4.69) is 27.0 Å². The molecule has 1 fully saturated rings. The molecule has 0 radical (unpaired) electrons. The van der Waals surface area contributed by atoms with Crippen molar-refractivity contribution in [1.29, 1.82) is 0 Å². The molecule has 2 aliphatic rings. The Labute approximate surface area is 141 Å². The van der Waals surface area contributed by atoms with Gasteiger partial charge in [0.2, 0.25) is 0 Å². The lowest BCUT2D eigenvalue weighted by atomic mass is 10.1. The highest BCUT2D eigenvalue weighted by Crippen LogP contribution is 2.27. The van der Waals surface area contributed by atoms with E-state index in [1.807, 2.05) is 31.3 Å². The topological polar surface area (TPSA) is 47.5 Å². The molecule has 24 heavy (non-hydrogen) atoms. The first-order chi connectivity index (χ1) is 11.8. The smallest absolute Gasteiger partial charge is 0.127 e. The molecule has 1 aromatic heterocycles. The zero-order chi connectivity index (χ0) is 16.4. The third-order valence-electron chi connectivity index (χ3n) is 4.40. The van der Waals surface area contributed by atoms with E-state index in [9.17, 15) is 0 Å². The molecular weight excluding hydrogens is 302 g/mol. The van der Waals surface area contributed by atoms with Crippen molar-refractivity contribution in [3.8, 4) is 5.75 Å². The van der Waals surface area contributed by atoms with Crippen LogP contribution < -0.4 is 4.74 Å². The number of aromatic nitrogens is 2. The van der Waals surface area contributed by atoms with Crippen molar-refractivity contribution in [1.82, 2.24) is 14.9 Å². The SMILES string of the molecule is Cc1cnc([C@H]2CN(CC3=Cc4ccccc4OC3)CCO2)cn1. The van der Waals surface area contributed by atoms with E-state index in [0.717, 1.165) is 42.3 Å². The summed E-state index contributed by atoms with van der Waals surface area (Å²) in [5, 5.41) is 0. The second-order valence-electron chi connectivity index (χ2n) is 6.31. The van der Waals surface area contributed by atoms with Crippen molar-refractivity contribution in [3.05, 3.63) is 59.2 Å². The van der Waals surface area contributed by atoms with E-state index < -0.39 is 0 Å². The second-order valence-corrected chi connectivity index (χ2v) is 6.31. The number of nitrogens with zero attached hydrogens (tertiary/aromatic N) is 3. The molecule has 0 spiro atoms. The maximum Gasteiger partial charge on any atom is 0.127 e. The lowest BCUT2D eigenvalue weighted by molar-refractivity contribution is -0.0296. The average molecular weight is 323 g/mol. The molecule has 1 atom stereocenters. The molecule has 1 aromatic carbocycles. The molecule has 0 N–H and O–H groups in total. The number of para-hydroxylation sites is 1. The zero-order valence-corrected chi connectivity index (χ0v) is 13.8. The molecule has 3 heterocycles. The number of hydrogen-bond donors (Lipinski definition) is 0. The molecule has 0 bridgehead atoms. The molecule has 0 aliphatic carbocycles. The number of rotatable bonds is 3. The third-order valence-corrected chi connectivity index (χ3v) is 4.40. The lowest BCUT2D eigenvalue weighted by Crippen LogP contribution is -2.40. The van der Waals surface area contributed by atoms with Gasteiger partial charge in [-0.2, -0.15) is 0 Å². The van der Waals surface area contributed by atoms with Crippen LogP contribution in [0, 0.1) is 6.92 Å². The maximum absolute atomic E-state index is 5.88. The molecule has 4 rings (SSSR count). The molecule has 0 amide bonds. The minimum Gasteiger partial charge on any atom is -0.489 e. The van der Waals surface area contributed by atoms with E-state index in [1.165, 1.54) is 5.57 Å². The molecular formula is C19H21N3O2. The van der Waals surface area contributed by atoms with Crippen LogP contribution in [0.25, 0.3) is 6.08 Å². The van der Waals surface area contributed by atoms with Gasteiger partial charge in [0.25, 0.3) is 0 Å². The molecule has 1 saturated heterocycles. The highest BCUT2D eigenvalue weighted by Gasteiger charge is 2.24. The molecule has 0 unspecified atom stereocenters. The van der Waals surface area contributed by atoms with Crippen LogP contribution in [-0.2, 0) is 4.74 Å².